The van der Waals surface area contributed by atoms with Gasteiger partial charge in [0.25, 0.3) is 0 Å². The predicted octanol–water partition coefficient (Wildman–Crippen LogP) is 3.71. The Labute approximate surface area is 214 Å². The molecule has 0 rings (SSSR count). The van der Waals surface area contributed by atoms with Gasteiger partial charge in [-0.25, -0.2) is 11.4 Å². The summed E-state index contributed by atoms with van der Waals surface area (Å²) in [6.07, 6.45) is 20.9. The topological polar surface area (TPSA) is 161 Å². The van der Waals surface area contributed by atoms with E-state index in [0.29, 0.717) is 18.8 Å². The van der Waals surface area contributed by atoms with E-state index < -0.39 is 0 Å². The highest BCUT2D eigenvalue weighted by Crippen LogP contribution is 2.13. The maximum atomic E-state index is 11.9. The molecule has 0 aromatic rings. The molecular formula is C26H55N7O2. The van der Waals surface area contributed by atoms with Crippen molar-refractivity contribution in [2.45, 2.75) is 135 Å². The van der Waals surface area contributed by atoms with Crippen molar-refractivity contribution in [2.75, 3.05) is 13.1 Å². The molecule has 35 heavy (non-hydrogen) atoms. The zero-order valence-corrected chi connectivity index (χ0v) is 22.4. The lowest BCUT2D eigenvalue weighted by Crippen LogP contribution is -2.41. The van der Waals surface area contributed by atoms with Gasteiger partial charge in [-0.05, 0) is 45.1 Å². The minimum absolute atomic E-state index is 0.143. The SMILES string of the molecule is CCCNC(CCCCNC(=O)CCCCCCCCCCCCCCC/C(N)=N/NN)C(N)=O. The second-order valence-electron chi connectivity index (χ2n) is 9.58. The van der Waals surface area contributed by atoms with Crippen LogP contribution in [0.4, 0.5) is 0 Å². The van der Waals surface area contributed by atoms with Crippen molar-refractivity contribution in [1.82, 2.24) is 16.2 Å². The van der Waals surface area contributed by atoms with Crippen LogP contribution in [0.2, 0.25) is 0 Å². The molecule has 9 heteroatoms. The van der Waals surface area contributed by atoms with E-state index in [1.165, 1.54) is 64.2 Å². The van der Waals surface area contributed by atoms with Gasteiger partial charge < -0.3 is 22.1 Å². The second-order valence-corrected chi connectivity index (χ2v) is 9.58. The third-order valence-electron chi connectivity index (χ3n) is 6.27. The number of amidine groups is 1. The highest BCUT2D eigenvalue weighted by molar-refractivity contribution is 5.80. The Balaban J connectivity index is 3.36. The molecule has 0 saturated heterocycles. The number of nitrogens with one attached hydrogen (secondary N) is 3. The average molecular weight is 498 g/mol. The van der Waals surface area contributed by atoms with E-state index in [9.17, 15) is 9.59 Å². The van der Waals surface area contributed by atoms with Gasteiger partial charge >= 0.3 is 0 Å². The highest BCUT2D eigenvalue weighted by atomic mass is 16.2. The van der Waals surface area contributed by atoms with Crippen LogP contribution in [0.1, 0.15) is 129 Å². The van der Waals surface area contributed by atoms with Gasteiger partial charge in [0.1, 0.15) is 5.84 Å². The van der Waals surface area contributed by atoms with Crippen LogP contribution in [0.5, 0.6) is 0 Å². The molecule has 0 aliphatic heterocycles. The number of nitrogens with two attached hydrogens (primary N) is 3. The van der Waals surface area contributed by atoms with Gasteiger partial charge in [0.15, 0.2) is 0 Å². The van der Waals surface area contributed by atoms with Gasteiger partial charge in [0, 0.05) is 19.4 Å². The number of hydrazone groups is 1. The fourth-order valence-electron chi connectivity index (χ4n) is 4.13. The second kappa shape index (κ2) is 25.2. The zero-order valence-electron chi connectivity index (χ0n) is 22.4. The van der Waals surface area contributed by atoms with Crippen molar-refractivity contribution in [3.8, 4) is 0 Å². The molecule has 0 radical (unpaired) electrons. The summed E-state index contributed by atoms with van der Waals surface area (Å²) in [5, 5.41) is 9.92. The third-order valence-corrected chi connectivity index (χ3v) is 6.27. The smallest absolute Gasteiger partial charge is 0.234 e. The summed E-state index contributed by atoms with van der Waals surface area (Å²) in [5.74, 6) is 5.52. The van der Waals surface area contributed by atoms with Crippen LogP contribution in [-0.4, -0.2) is 36.8 Å². The Morgan fingerprint density at radius 2 is 1.23 bits per heavy atom. The Kier molecular flexibility index (Phi) is 23.9. The van der Waals surface area contributed by atoms with E-state index in [4.69, 9.17) is 17.3 Å². The number of amides is 2. The van der Waals surface area contributed by atoms with Crippen molar-refractivity contribution in [3.05, 3.63) is 0 Å². The molecule has 1 unspecified atom stereocenters. The Bertz CT molecular complexity index is 544. The lowest BCUT2D eigenvalue weighted by atomic mass is 10.0. The standard InChI is InChI=1S/C26H55N7O2/c1-2-21-30-23(26(28)35)18-16-17-22-31-25(34)20-15-13-11-9-7-5-3-4-6-8-10-12-14-19-24(27)32-33-29/h23,30,33H,2-22,29H2,1H3,(H2,27,32)(H2,28,35)(H,31,34). The van der Waals surface area contributed by atoms with Crippen LogP contribution < -0.4 is 33.5 Å². The van der Waals surface area contributed by atoms with Crippen LogP contribution in [0.3, 0.4) is 0 Å². The largest absolute Gasteiger partial charge is 0.386 e. The molecule has 1 atom stereocenters. The zero-order chi connectivity index (χ0) is 26.0. The summed E-state index contributed by atoms with van der Waals surface area (Å²) < 4.78 is 0. The fourth-order valence-corrected chi connectivity index (χ4v) is 4.13. The Hall–Kier alpha value is -1.87. The van der Waals surface area contributed by atoms with E-state index in [1.807, 2.05) is 0 Å². The first-order chi connectivity index (χ1) is 17.0. The van der Waals surface area contributed by atoms with Gasteiger partial charge in [-0.2, -0.15) is 5.10 Å². The maximum Gasteiger partial charge on any atom is 0.234 e. The quantitative estimate of drug-likeness (QED) is 0.0351. The molecule has 0 aliphatic carbocycles. The molecule has 9 nitrogen and oxygen atoms in total. The van der Waals surface area contributed by atoms with Crippen LogP contribution in [0, 0.1) is 0 Å². The van der Waals surface area contributed by atoms with Gasteiger partial charge in [-0.1, -0.05) is 77.6 Å². The number of hydrazine groups is 1. The number of nitrogens with zero attached hydrogens (tertiary/aromatic N) is 1. The van der Waals surface area contributed by atoms with Crippen molar-refractivity contribution in [1.29, 1.82) is 0 Å². The third kappa shape index (κ3) is 23.6. The summed E-state index contributed by atoms with van der Waals surface area (Å²) in [6, 6.07) is -0.257. The molecule has 0 fully saturated rings. The summed E-state index contributed by atoms with van der Waals surface area (Å²) in [5.41, 5.74) is 13.3. The minimum Gasteiger partial charge on any atom is -0.386 e. The van der Waals surface area contributed by atoms with Crippen molar-refractivity contribution in [3.63, 3.8) is 0 Å². The Morgan fingerprint density at radius 1 is 0.714 bits per heavy atom. The number of primary amides is 1. The molecule has 0 aliphatic rings. The first-order valence-corrected chi connectivity index (χ1v) is 14.1. The minimum atomic E-state index is -0.292. The monoisotopic (exact) mass is 497 g/mol. The van der Waals surface area contributed by atoms with E-state index >= 15 is 0 Å². The molecule has 0 spiro atoms. The van der Waals surface area contributed by atoms with Gasteiger partial charge in [0.05, 0.1) is 6.04 Å². The summed E-state index contributed by atoms with van der Waals surface area (Å²) in [6.45, 7) is 3.54. The molecule has 0 heterocycles. The van der Waals surface area contributed by atoms with Crippen molar-refractivity contribution >= 4 is 17.6 Å². The predicted molar refractivity (Wildman–Crippen MR) is 146 cm³/mol. The number of hydrogen-bond acceptors (Lipinski definition) is 6. The number of carbonyl (C=O) groups excluding carboxylic acids is 2. The van der Waals surface area contributed by atoms with Crippen LogP contribution in [0.25, 0.3) is 0 Å². The molecule has 2 amide bonds. The lowest BCUT2D eigenvalue weighted by molar-refractivity contribution is -0.121. The summed E-state index contributed by atoms with van der Waals surface area (Å²) in [7, 11) is 0. The molecule has 0 aromatic carbocycles. The first-order valence-electron chi connectivity index (χ1n) is 14.1. The average Bonchev–Trinajstić information content (AvgIpc) is 2.83. The van der Waals surface area contributed by atoms with E-state index in [2.05, 4.69) is 28.2 Å². The number of hydrogen-bond donors (Lipinski definition) is 6. The summed E-state index contributed by atoms with van der Waals surface area (Å²) >= 11 is 0. The van der Waals surface area contributed by atoms with Crippen LogP contribution in [0.15, 0.2) is 5.10 Å². The number of carbonyl (C=O) groups is 2. The van der Waals surface area contributed by atoms with Crippen LogP contribution >= 0.6 is 0 Å². The number of unbranched alkanes of at least 4 members (excludes halogenated alkanes) is 13. The van der Waals surface area contributed by atoms with E-state index in [-0.39, 0.29) is 17.9 Å². The maximum absolute atomic E-state index is 11.9. The van der Waals surface area contributed by atoms with Crippen molar-refractivity contribution in [2.24, 2.45) is 22.4 Å². The van der Waals surface area contributed by atoms with Gasteiger partial charge in [0.2, 0.25) is 11.8 Å². The summed E-state index contributed by atoms with van der Waals surface area (Å²) in [4.78, 5) is 23.3. The van der Waals surface area contributed by atoms with Gasteiger partial charge in [-0.3, -0.25) is 9.59 Å². The Morgan fingerprint density at radius 3 is 1.71 bits per heavy atom. The van der Waals surface area contributed by atoms with Gasteiger partial charge in [-0.15, -0.1) is 0 Å². The van der Waals surface area contributed by atoms with Crippen molar-refractivity contribution < 1.29 is 9.59 Å². The lowest BCUT2D eigenvalue weighted by Gasteiger charge is -2.14. The fraction of sp³-hybridized carbons (Fsp3) is 0.885. The first kappa shape index (κ1) is 33.1. The molecular weight excluding hydrogens is 442 g/mol. The van der Waals surface area contributed by atoms with E-state index in [1.54, 1.807) is 0 Å². The van der Waals surface area contributed by atoms with E-state index in [0.717, 1.165) is 57.9 Å². The molecule has 206 valence electrons. The number of rotatable bonds is 26. The molecule has 9 N–H and O–H groups in total. The molecule has 0 saturated carbocycles. The normalized spacial score (nSPS) is 12.5. The van der Waals surface area contributed by atoms with Crippen LogP contribution in [-0.2, 0) is 9.59 Å². The molecule has 0 bridgehead atoms. The highest BCUT2D eigenvalue weighted by Gasteiger charge is 2.13. The molecule has 0 aromatic heterocycles.